The Morgan fingerprint density at radius 2 is 1.64 bits per heavy atom. The van der Waals surface area contributed by atoms with Crippen LogP contribution in [0.1, 0.15) is 31.1 Å². The third-order valence-corrected chi connectivity index (χ3v) is 3.40. The van der Waals surface area contributed by atoms with E-state index in [1.807, 2.05) is 0 Å². The fraction of sp³-hybridized carbons (Fsp3) is 0.0588. The minimum Gasteiger partial charge on any atom is -0.465 e. The number of nitrogens with one attached hydrogen (secondary N) is 2. The zero-order chi connectivity index (χ0) is 18.4. The van der Waals surface area contributed by atoms with Gasteiger partial charge in [-0.3, -0.25) is 14.9 Å². The zero-order valence-corrected chi connectivity index (χ0v) is 14.1. The predicted molar refractivity (Wildman–Crippen MR) is 96.4 cm³/mol. The highest BCUT2D eigenvalue weighted by Crippen LogP contribution is 2.10. The first-order valence-electron chi connectivity index (χ1n) is 7.11. The minimum atomic E-state index is -0.537. The Morgan fingerprint density at radius 3 is 2.24 bits per heavy atom. The normalized spacial score (nSPS) is 9.80. The minimum absolute atomic E-state index is 0.0697. The van der Waals surface area contributed by atoms with Crippen molar-refractivity contribution in [2.45, 2.75) is 0 Å². The molecule has 4 N–H and O–H groups in total. The van der Waals surface area contributed by atoms with Gasteiger partial charge in [0.15, 0.2) is 5.11 Å². The van der Waals surface area contributed by atoms with Crippen molar-refractivity contribution in [1.82, 2.24) is 5.32 Å². The largest absolute Gasteiger partial charge is 0.465 e. The summed E-state index contributed by atoms with van der Waals surface area (Å²) in [5, 5.41) is 5.39. The van der Waals surface area contributed by atoms with Crippen LogP contribution in [0.15, 0.2) is 48.5 Å². The number of nitrogens with two attached hydrogens (primary N) is 1. The summed E-state index contributed by atoms with van der Waals surface area (Å²) in [4.78, 5) is 34.7. The molecule has 0 saturated heterocycles. The SMILES string of the molecule is COC(=O)c1cccc(C(=O)NC(=S)Nc2ccc(C(N)=O)cc2)c1. The number of primary amides is 1. The fourth-order valence-corrected chi connectivity index (χ4v) is 2.17. The lowest BCUT2D eigenvalue weighted by molar-refractivity contribution is 0.0600. The summed E-state index contributed by atoms with van der Waals surface area (Å²) < 4.78 is 4.62. The van der Waals surface area contributed by atoms with Crippen LogP contribution >= 0.6 is 12.2 Å². The van der Waals surface area contributed by atoms with Crippen molar-refractivity contribution in [2.24, 2.45) is 5.73 Å². The van der Waals surface area contributed by atoms with Crippen molar-refractivity contribution in [3.8, 4) is 0 Å². The number of benzene rings is 2. The Labute approximate surface area is 149 Å². The molecular formula is C17H15N3O4S. The summed E-state index contributed by atoms with van der Waals surface area (Å²) in [7, 11) is 1.26. The van der Waals surface area contributed by atoms with Crippen molar-refractivity contribution in [2.75, 3.05) is 12.4 Å². The molecule has 2 aromatic rings. The molecule has 0 unspecified atom stereocenters. The molecule has 0 spiro atoms. The van der Waals surface area contributed by atoms with Crippen LogP contribution in [0.25, 0.3) is 0 Å². The first kappa shape index (κ1) is 18.1. The first-order chi connectivity index (χ1) is 11.9. The van der Waals surface area contributed by atoms with E-state index in [0.717, 1.165) is 0 Å². The summed E-state index contributed by atoms with van der Waals surface area (Å²) in [5.74, 6) is -1.55. The molecule has 0 heterocycles. The van der Waals surface area contributed by atoms with E-state index in [0.29, 0.717) is 11.3 Å². The molecule has 7 nitrogen and oxygen atoms in total. The van der Waals surface area contributed by atoms with E-state index in [2.05, 4.69) is 15.4 Å². The number of esters is 1. The second-order valence-electron chi connectivity index (χ2n) is 4.92. The standard InChI is InChI=1S/C17H15N3O4S/c1-24-16(23)12-4-2-3-11(9-12)15(22)20-17(25)19-13-7-5-10(6-8-13)14(18)21/h2-9H,1H3,(H2,18,21)(H2,19,20,22,25). The zero-order valence-electron chi connectivity index (χ0n) is 13.2. The van der Waals surface area contributed by atoms with Gasteiger partial charge in [-0.2, -0.15) is 0 Å². The molecule has 0 aromatic heterocycles. The lowest BCUT2D eigenvalue weighted by Gasteiger charge is -2.10. The van der Waals surface area contributed by atoms with E-state index in [9.17, 15) is 14.4 Å². The average Bonchev–Trinajstić information content (AvgIpc) is 2.61. The summed E-state index contributed by atoms with van der Waals surface area (Å²) in [5.41, 5.74) is 6.63. The highest BCUT2D eigenvalue weighted by Gasteiger charge is 2.12. The van der Waals surface area contributed by atoms with Crippen molar-refractivity contribution in [3.05, 3.63) is 65.2 Å². The third-order valence-electron chi connectivity index (χ3n) is 3.20. The number of rotatable bonds is 4. The van der Waals surface area contributed by atoms with Gasteiger partial charge >= 0.3 is 5.97 Å². The lowest BCUT2D eigenvalue weighted by atomic mass is 10.1. The Morgan fingerprint density at radius 1 is 1.00 bits per heavy atom. The molecule has 0 bridgehead atoms. The van der Waals surface area contributed by atoms with E-state index < -0.39 is 17.8 Å². The van der Waals surface area contributed by atoms with Gasteiger partial charge in [-0.05, 0) is 54.7 Å². The van der Waals surface area contributed by atoms with Crippen LogP contribution in [-0.4, -0.2) is 30.0 Å². The molecule has 8 heteroatoms. The van der Waals surface area contributed by atoms with Gasteiger partial charge in [-0.25, -0.2) is 4.79 Å². The average molecular weight is 357 g/mol. The number of carbonyl (C=O) groups is 3. The van der Waals surface area contributed by atoms with E-state index >= 15 is 0 Å². The van der Waals surface area contributed by atoms with Gasteiger partial charge in [-0.1, -0.05) is 6.07 Å². The Balaban J connectivity index is 2.01. The molecular weight excluding hydrogens is 342 g/mol. The quantitative estimate of drug-likeness (QED) is 0.567. The van der Waals surface area contributed by atoms with E-state index in [1.54, 1.807) is 30.3 Å². The van der Waals surface area contributed by atoms with Crippen LogP contribution in [0.2, 0.25) is 0 Å². The second-order valence-corrected chi connectivity index (χ2v) is 5.33. The number of anilines is 1. The molecule has 0 saturated carbocycles. The maximum atomic E-state index is 12.2. The second kappa shape index (κ2) is 8.02. The van der Waals surface area contributed by atoms with Crippen LogP contribution in [-0.2, 0) is 4.74 Å². The number of hydrogen-bond donors (Lipinski definition) is 3. The molecule has 0 aliphatic rings. The van der Waals surface area contributed by atoms with Gasteiger partial charge in [-0.15, -0.1) is 0 Å². The summed E-state index contributed by atoms with van der Waals surface area (Å²) >= 11 is 5.08. The smallest absolute Gasteiger partial charge is 0.337 e. The summed E-state index contributed by atoms with van der Waals surface area (Å²) in [6, 6.07) is 12.4. The molecule has 0 aliphatic heterocycles. The first-order valence-corrected chi connectivity index (χ1v) is 7.52. The number of hydrogen-bond acceptors (Lipinski definition) is 5. The van der Waals surface area contributed by atoms with Gasteiger partial charge in [0.2, 0.25) is 5.91 Å². The summed E-state index contributed by atoms with van der Waals surface area (Å²) in [6.07, 6.45) is 0. The molecule has 128 valence electrons. The fourth-order valence-electron chi connectivity index (χ4n) is 1.96. The van der Waals surface area contributed by atoms with Gasteiger partial charge in [0, 0.05) is 16.8 Å². The van der Waals surface area contributed by atoms with Gasteiger partial charge in [0.1, 0.15) is 0 Å². The van der Waals surface area contributed by atoms with Crippen molar-refractivity contribution < 1.29 is 19.1 Å². The van der Waals surface area contributed by atoms with Crippen LogP contribution in [0.4, 0.5) is 5.69 Å². The van der Waals surface area contributed by atoms with Crippen LogP contribution in [0, 0.1) is 0 Å². The monoisotopic (exact) mass is 357 g/mol. The Bertz CT molecular complexity index is 834. The van der Waals surface area contributed by atoms with Crippen LogP contribution in [0.5, 0.6) is 0 Å². The third kappa shape index (κ3) is 4.85. The van der Waals surface area contributed by atoms with E-state index in [-0.39, 0.29) is 16.2 Å². The van der Waals surface area contributed by atoms with Crippen molar-refractivity contribution in [3.63, 3.8) is 0 Å². The molecule has 0 aliphatic carbocycles. The molecule has 2 amide bonds. The van der Waals surface area contributed by atoms with Gasteiger partial charge in [0.25, 0.3) is 5.91 Å². The topological polar surface area (TPSA) is 111 Å². The molecule has 0 radical (unpaired) electrons. The number of methoxy groups -OCH3 is 1. The maximum absolute atomic E-state index is 12.2. The van der Waals surface area contributed by atoms with Crippen molar-refractivity contribution >= 4 is 40.8 Å². The molecule has 0 atom stereocenters. The Kier molecular flexibility index (Phi) is 5.80. The van der Waals surface area contributed by atoms with Gasteiger partial charge in [0.05, 0.1) is 12.7 Å². The number of carbonyl (C=O) groups excluding carboxylic acids is 3. The molecule has 2 aromatic carbocycles. The van der Waals surface area contributed by atoms with Gasteiger partial charge < -0.3 is 15.8 Å². The summed E-state index contributed by atoms with van der Waals surface area (Å²) in [6.45, 7) is 0. The molecule has 0 fully saturated rings. The van der Waals surface area contributed by atoms with E-state index in [1.165, 1.54) is 25.3 Å². The number of thiocarbonyl (C=S) groups is 1. The molecule has 25 heavy (non-hydrogen) atoms. The Hall–Kier alpha value is -3.26. The van der Waals surface area contributed by atoms with Crippen LogP contribution < -0.4 is 16.4 Å². The maximum Gasteiger partial charge on any atom is 0.337 e. The van der Waals surface area contributed by atoms with E-state index in [4.69, 9.17) is 18.0 Å². The number of ether oxygens (including phenoxy) is 1. The highest BCUT2D eigenvalue weighted by molar-refractivity contribution is 7.80. The highest BCUT2D eigenvalue weighted by atomic mass is 32.1. The number of amides is 2. The van der Waals surface area contributed by atoms with Crippen molar-refractivity contribution in [1.29, 1.82) is 0 Å². The van der Waals surface area contributed by atoms with Crippen LogP contribution in [0.3, 0.4) is 0 Å². The molecule has 2 rings (SSSR count). The lowest BCUT2D eigenvalue weighted by Crippen LogP contribution is -2.34. The predicted octanol–water partition coefficient (Wildman–Crippen LogP) is 1.70.